The number of hydrogen-bond donors (Lipinski definition) is 1. The topological polar surface area (TPSA) is 55.1 Å². The van der Waals surface area contributed by atoms with Crippen LogP contribution in [0.25, 0.3) is 11.3 Å². The third-order valence-electron chi connectivity index (χ3n) is 5.58. The first-order valence-corrected chi connectivity index (χ1v) is 10.5. The maximum Gasteiger partial charge on any atom is 0.251 e. The van der Waals surface area contributed by atoms with Crippen LogP contribution in [-0.2, 0) is 6.54 Å². The lowest BCUT2D eigenvalue weighted by atomic mass is 10.0. The Morgan fingerprint density at radius 2 is 1.87 bits per heavy atom. The van der Waals surface area contributed by atoms with E-state index in [2.05, 4.69) is 22.3 Å². The monoisotopic (exact) mass is 398 g/mol. The second-order valence-electron chi connectivity index (χ2n) is 8.01. The number of nitrogens with zero attached hydrogens (tertiary/aromatic N) is 1. The summed E-state index contributed by atoms with van der Waals surface area (Å²) in [4.78, 5) is 12.6. The first-order valence-electron chi connectivity index (χ1n) is 10.5. The number of rotatable bonds is 4. The zero-order valence-corrected chi connectivity index (χ0v) is 17.5. The van der Waals surface area contributed by atoms with Gasteiger partial charge in [-0.05, 0) is 50.5 Å². The average Bonchev–Trinajstić information content (AvgIpc) is 3.44. The number of aryl methyl sites for hydroxylation is 2. The molecule has 0 saturated heterocycles. The Kier molecular flexibility index (Phi) is 5.99. The smallest absolute Gasteiger partial charge is 0.251 e. The molecule has 4 rings (SSSR count). The molecule has 4 heteroatoms. The Bertz CT molecular complexity index is 1090. The van der Waals surface area contributed by atoms with E-state index in [1.807, 2.05) is 62.4 Å². The zero-order chi connectivity index (χ0) is 20.9. The van der Waals surface area contributed by atoms with E-state index in [0.29, 0.717) is 23.8 Å². The number of aromatic nitrogens is 1. The molecule has 1 saturated carbocycles. The van der Waals surface area contributed by atoms with Gasteiger partial charge in [-0.25, -0.2) is 0 Å². The van der Waals surface area contributed by atoms with E-state index in [9.17, 15) is 4.79 Å². The van der Waals surface area contributed by atoms with Crippen molar-refractivity contribution in [2.24, 2.45) is 5.92 Å². The van der Waals surface area contributed by atoms with Crippen LogP contribution in [0, 0.1) is 31.6 Å². The molecule has 4 nitrogen and oxygen atoms in total. The molecule has 1 fully saturated rings. The Balaban J connectivity index is 1.37. The highest BCUT2D eigenvalue weighted by atomic mass is 16.5. The molecular formula is C26H26N2O2. The maximum atomic E-state index is 12.6. The van der Waals surface area contributed by atoms with Gasteiger partial charge in [-0.1, -0.05) is 59.7 Å². The Hall–Kier alpha value is -3.32. The third kappa shape index (κ3) is 4.80. The Labute approximate surface area is 177 Å². The number of carbonyl (C=O) groups is 1. The standard InChI is InChI=1S/C26H26N2O2/c1-18-7-10-22(11-8-18)25-16-24(30-28-25)17-27-26(29)23-14-13-21(19(2)15-23)12-9-20-5-3-4-6-20/h7-8,10-11,13-16,20H,3-6,17H2,1-2H3,(H,27,29). The molecule has 0 bridgehead atoms. The van der Waals surface area contributed by atoms with Gasteiger partial charge in [0.25, 0.3) is 5.91 Å². The highest BCUT2D eigenvalue weighted by molar-refractivity contribution is 5.94. The van der Waals surface area contributed by atoms with Crippen molar-refractivity contribution in [2.75, 3.05) is 0 Å². The fourth-order valence-corrected chi connectivity index (χ4v) is 3.72. The molecule has 152 valence electrons. The highest BCUT2D eigenvalue weighted by Crippen LogP contribution is 2.24. The van der Waals surface area contributed by atoms with Gasteiger partial charge in [0.05, 0.1) is 6.54 Å². The maximum absolute atomic E-state index is 12.6. The first kappa shape index (κ1) is 20.0. The van der Waals surface area contributed by atoms with Crippen LogP contribution < -0.4 is 5.32 Å². The van der Waals surface area contributed by atoms with Gasteiger partial charge in [-0.2, -0.15) is 0 Å². The van der Waals surface area contributed by atoms with E-state index in [1.165, 1.54) is 31.2 Å². The molecular weight excluding hydrogens is 372 g/mol. The minimum Gasteiger partial charge on any atom is -0.359 e. The van der Waals surface area contributed by atoms with Gasteiger partial charge in [0, 0.05) is 28.7 Å². The first-order chi connectivity index (χ1) is 14.6. The molecule has 0 spiro atoms. The van der Waals surface area contributed by atoms with E-state index in [0.717, 1.165) is 22.4 Å². The molecule has 1 N–H and O–H groups in total. The second kappa shape index (κ2) is 9.00. The van der Waals surface area contributed by atoms with Crippen LogP contribution in [0.4, 0.5) is 0 Å². The highest BCUT2D eigenvalue weighted by Gasteiger charge is 2.13. The van der Waals surface area contributed by atoms with Crippen molar-refractivity contribution in [3.63, 3.8) is 0 Å². The lowest BCUT2D eigenvalue weighted by Gasteiger charge is -2.05. The number of amides is 1. The SMILES string of the molecule is Cc1ccc(-c2cc(CNC(=O)c3ccc(C#CC4CCCC4)c(C)c3)on2)cc1. The molecule has 1 aromatic heterocycles. The summed E-state index contributed by atoms with van der Waals surface area (Å²) < 4.78 is 5.38. The molecule has 0 atom stereocenters. The number of hydrogen-bond acceptors (Lipinski definition) is 3. The molecule has 1 heterocycles. The summed E-state index contributed by atoms with van der Waals surface area (Å²) in [5.41, 5.74) is 5.59. The van der Waals surface area contributed by atoms with E-state index >= 15 is 0 Å². The molecule has 1 aliphatic carbocycles. The van der Waals surface area contributed by atoms with Gasteiger partial charge in [0.2, 0.25) is 0 Å². The van der Waals surface area contributed by atoms with E-state index in [-0.39, 0.29) is 5.91 Å². The summed E-state index contributed by atoms with van der Waals surface area (Å²) in [6, 6.07) is 15.6. The Morgan fingerprint density at radius 3 is 2.60 bits per heavy atom. The predicted molar refractivity (Wildman–Crippen MR) is 118 cm³/mol. The van der Waals surface area contributed by atoms with Crippen molar-refractivity contribution in [2.45, 2.75) is 46.1 Å². The normalized spacial score (nSPS) is 13.7. The van der Waals surface area contributed by atoms with Crippen molar-refractivity contribution in [1.29, 1.82) is 0 Å². The second-order valence-corrected chi connectivity index (χ2v) is 8.01. The summed E-state index contributed by atoms with van der Waals surface area (Å²) in [6.45, 7) is 4.34. The summed E-state index contributed by atoms with van der Waals surface area (Å²) in [7, 11) is 0. The molecule has 30 heavy (non-hydrogen) atoms. The summed E-state index contributed by atoms with van der Waals surface area (Å²) in [5.74, 6) is 7.69. The number of carbonyl (C=O) groups excluding carboxylic acids is 1. The minimum absolute atomic E-state index is 0.137. The zero-order valence-electron chi connectivity index (χ0n) is 17.5. The van der Waals surface area contributed by atoms with Gasteiger partial charge in [-0.15, -0.1) is 0 Å². The largest absolute Gasteiger partial charge is 0.359 e. The quantitative estimate of drug-likeness (QED) is 0.596. The van der Waals surface area contributed by atoms with Crippen molar-refractivity contribution >= 4 is 5.91 Å². The van der Waals surface area contributed by atoms with Crippen LogP contribution >= 0.6 is 0 Å². The minimum atomic E-state index is -0.137. The summed E-state index contributed by atoms with van der Waals surface area (Å²) >= 11 is 0. The van der Waals surface area contributed by atoms with Crippen LogP contribution in [-0.4, -0.2) is 11.1 Å². The third-order valence-corrected chi connectivity index (χ3v) is 5.58. The van der Waals surface area contributed by atoms with Crippen molar-refractivity contribution in [1.82, 2.24) is 10.5 Å². The fourth-order valence-electron chi connectivity index (χ4n) is 3.72. The van der Waals surface area contributed by atoms with Gasteiger partial charge in [0.15, 0.2) is 5.76 Å². The van der Waals surface area contributed by atoms with Crippen molar-refractivity contribution in [3.8, 4) is 23.1 Å². The lowest BCUT2D eigenvalue weighted by molar-refractivity contribution is 0.0947. The van der Waals surface area contributed by atoms with E-state index in [4.69, 9.17) is 4.52 Å². The van der Waals surface area contributed by atoms with E-state index < -0.39 is 0 Å². The summed E-state index contributed by atoms with van der Waals surface area (Å²) in [6.07, 6.45) is 4.99. The van der Waals surface area contributed by atoms with Gasteiger partial charge < -0.3 is 9.84 Å². The predicted octanol–water partition coefficient (Wildman–Crippen LogP) is 5.43. The van der Waals surface area contributed by atoms with Crippen LogP contribution in [0.2, 0.25) is 0 Å². The summed E-state index contributed by atoms with van der Waals surface area (Å²) in [5, 5.41) is 7.01. The molecule has 1 amide bonds. The van der Waals surface area contributed by atoms with Gasteiger partial charge in [-0.3, -0.25) is 4.79 Å². The van der Waals surface area contributed by atoms with Crippen LogP contribution in [0.5, 0.6) is 0 Å². The molecule has 3 aromatic rings. The van der Waals surface area contributed by atoms with Crippen LogP contribution in [0.3, 0.4) is 0 Å². The van der Waals surface area contributed by atoms with Crippen molar-refractivity contribution < 1.29 is 9.32 Å². The molecule has 1 aliphatic rings. The van der Waals surface area contributed by atoms with E-state index in [1.54, 1.807) is 0 Å². The van der Waals surface area contributed by atoms with Crippen LogP contribution in [0.15, 0.2) is 53.1 Å². The van der Waals surface area contributed by atoms with Gasteiger partial charge in [0.1, 0.15) is 5.69 Å². The molecule has 2 aromatic carbocycles. The fraction of sp³-hybridized carbons (Fsp3) is 0.308. The number of benzene rings is 2. The van der Waals surface area contributed by atoms with Gasteiger partial charge >= 0.3 is 0 Å². The average molecular weight is 399 g/mol. The number of nitrogens with one attached hydrogen (secondary N) is 1. The van der Waals surface area contributed by atoms with Crippen LogP contribution in [0.1, 0.15) is 58.5 Å². The molecule has 0 radical (unpaired) electrons. The lowest BCUT2D eigenvalue weighted by Crippen LogP contribution is -2.22. The van der Waals surface area contributed by atoms with Crippen molar-refractivity contribution in [3.05, 3.63) is 76.5 Å². The molecule has 0 unspecified atom stereocenters. The molecule has 0 aliphatic heterocycles. The Morgan fingerprint density at radius 1 is 1.10 bits per heavy atom.